The zero-order valence-electron chi connectivity index (χ0n) is 20.9. The fourth-order valence-corrected chi connectivity index (χ4v) is 6.43. The Morgan fingerprint density at radius 1 is 0.947 bits per heavy atom. The van der Waals surface area contributed by atoms with Crippen molar-refractivity contribution >= 4 is 17.8 Å². The van der Waals surface area contributed by atoms with E-state index < -0.39 is 41.6 Å². The van der Waals surface area contributed by atoms with E-state index in [2.05, 4.69) is 0 Å². The van der Waals surface area contributed by atoms with Gasteiger partial charge in [0.05, 0.1) is 24.7 Å². The highest BCUT2D eigenvalue weighted by atomic mass is 16.6. The van der Waals surface area contributed by atoms with Gasteiger partial charge in [0.2, 0.25) is 11.8 Å². The Hall–Kier alpha value is -3.75. The molecule has 8 nitrogen and oxygen atoms in total. The lowest BCUT2D eigenvalue weighted by atomic mass is 9.78. The number of aliphatic hydroxyl groups excluding tert-OH is 1. The van der Waals surface area contributed by atoms with E-state index in [0.29, 0.717) is 19.5 Å². The van der Waals surface area contributed by atoms with Crippen LogP contribution in [0.1, 0.15) is 11.1 Å². The topological polar surface area (TPSA) is 96.4 Å². The number of rotatable bonds is 6. The average Bonchev–Trinajstić information content (AvgIpc) is 3.25. The maximum absolute atomic E-state index is 14.3. The summed E-state index contributed by atoms with van der Waals surface area (Å²) in [5.74, 6) is -2.96. The van der Waals surface area contributed by atoms with Gasteiger partial charge in [-0.3, -0.25) is 14.4 Å². The fourth-order valence-electron chi connectivity index (χ4n) is 6.43. The lowest BCUT2D eigenvalue weighted by Crippen LogP contribution is -2.58. The van der Waals surface area contributed by atoms with E-state index in [1.165, 1.54) is 4.90 Å². The molecule has 1 spiro atoms. The molecule has 2 saturated heterocycles. The third-order valence-corrected chi connectivity index (χ3v) is 8.07. The van der Waals surface area contributed by atoms with E-state index in [9.17, 15) is 19.5 Å². The van der Waals surface area contributed by atoms with E-state index >= 15 is 0 Å². The Bertz CT molecular complexity index is 1280. The number of hydrogen-bond acceptors (Lipinski definition) is 6. The van der Waals surface area contributed by atoms with Crippen LogP contribution in [0.5, 0.6) is 0 Å². The fraction of sp³-hybridized carbons (Fsp3) is 0.367. The summed E-state index contributed by atoms with van der Waals surface area (Å²) in [7, 11) is 0. The molecular formula is C30H30N2O6. The Kier molecular flexibility index (Phi) is 6.37. The number of likely N-dealkylation sites (tertiary alicyclic amines) is 1. The number of amides is 2. The first-order chi connectivity index (χ1) is 18.5. The van der Waals surface area contributed by atoms with Crippen LogP contribution in [0.3, 0.4) is 0 Å². The Morgan fingerprint density at radius 3 is 2.37 bits per heavy atom. The summed E-state index contributed by atoms with van der Waals surface area (Å²) in [5, 5.41) is 10.5. The molecule has 6 rings (SSSR count). The van der Waals surface area contributed by atoms with Crippen molar-refractivity contribution in [3.63, 3.8) is 0 Å². The third-order valence-electron chi connectivity index (χ3n) is 8.07. The minimum atomic E-state index is -1.35. The molecule has 0 aromatic heterocycles. The van der Waals surface area contributed by atoms with Crippen molar-refractivity contribution in [2.75, 3.05) is 19.8 Å². The Morgan fingerprint density at radius 2 is 1.66 bits per heavy atom. The predicted octanol–water partition coefficient (Wildman–Crippen LogP) is 1.88. The van der Waals surface area contributed by atoms with Crippen LogP contribution in [0.4, 0.5) is 0 Å². The highest BCUT2D eigenvalue weighted by Gasteiger charge is 2.72. The number of fused-ring (bicyclic) bond motifs is 2. The van der Waals surface area contributed by atoms with E-state index in [-0.39, 0.29) is 25.0 Å². The summed E-state index contributed by atoms with van der Waals surface area (Å²) in [6, 6.07) is 17.5. The monoisotopic (exact) mass is 514 g/mol. The van der Waals surface area contributed by atoms with Crippen molar-refractivity contribution in [3.05, 3.63) is 96.1 Å². The zero-order valence-corrected chi connectivity index (χ0v) is 20.9. The molecule has 8 heteroatoms. The summed E-state index contributed by atoms with van der Waals surface area (Å²) >= 11 is 0. The van der Waals surface area contributed by atoms with Crippen molar-refractivity contribution in [3.8, 4) is 0 Å². The quantitative estimate of drug-likeness (QED) is 0.467. The van der Waals surface area contributed by atoms with Gasteiger partial charge in [-0.15, -0.1) is 0 Å². The first-order valence-electron chi connectivity index (χ1n) is 13.0. The number of nitrogens with zero attached hydrogens (tertiary/aromatic N) is 2. The molecule has 0 saturated carbocycles. The molecule has 1 unspecified atom stereocenters. The summed E-state index contributed by atoms with van der Waals surface area (Å²) in [4.78, 5) is 44.9. The van der Waals surface area contributed by atoms with Gasteiger partial charge in [-0.1, -0.05) is 78.9 Å². The lowest BCUT2D eigenvalue weighted by molar-refractivity contribution is -0.155. The Balaban J connectivity index is 1.43. The SMILES string of the molecule is O=C1OCC=C[C@H]2O[C@]34C=CCN(Cc5ccccc5)C(=O)C3N([C@@H](CO)Cc3ccccc3)C(=O)[C@@H]4[C@@H]12. The van der Waals surface area contributed by atoms with Gasteiger partial charge in [-0.2, -0.15) is 0 Å². The molecule has 1 N–H and O–H groups in total. The molecule has 0 aliphatic carbocycles. The number of esters is 1. The minimum Gasteiger partial charge on any atom is -0.461 e. The molecule has 2 aromatic rings. The molecule has 38 heavy (non-hydrogen) atoms. The zero-order chi connectivity index (χ0) is 26.3. The summed E-state index contributed by atoms with van der Waals surface area (Å²) in [5.41, 5.74) is 0.545. The molecule has 0 bridgehead atoms. The lowest BCUT2D eigenvalue weighted by Gasteiger charge is -2.38. The van der Waals surface area contributed by atoms with Gasteiger partial charge in [0.1, 0.15) is 24.2 Å². The number of carbonyl (C=O) groups is 3. The summed E-state index contributed by atoms with van der Waals surface area (Å²) in [6.45, 7) is 0.472. The van der Waals surface area contributed by atoms with Gasteiger partial charge < -0.3 is 24.4 Å². The minimum absolute atomic E-state index is 0.114. The number of cyclic esters (lactones) is 1. The van der Waals surface area contributed by atoms with E-state index in [0.717, 1.165) is 11.1 Å². The number of hydrogen-bond donors (Lipinski definition) is 1. The standard InChI is InChI=1S/C30H30N2O6/c33-19-22(17-20-9-3-1-4-10-20)32-26-28(35)31(18-21-11-5-2-6-12-21)15-8-14-30(26)25(27(32)34)24-23(38-30)13-7-16-37-29(24)36/h1-14,22-26,33H,15-19H2/t22-,23-,24+,25+,26?,30+/m1/s1. The van der Waals surface area contributed by atoms with Crippen molar-refractivity contribution in [1.82, 2.24) is 9.80 Å². The number of benzene rings is 2. The Labute approximate surface area is 221 Å². The van der Waals surface area contributed by atoms with Crippen molar-refractivity contribution in [2.45, 2.75) is 36.8 Å². The maximum Gasteiger partial charge on any atom is 0.313 e. The molecule has 4 heterocycles. The van der Waals surface area contributed by atoms with Crippen LogP contribution in [-0.4, -0.2) is 76.2 Å². The van der Waals surface area contributed by atoms with Gasteiger partial charge in [-0.25, -0.2) is 0 Å². The molecule has 2 fully saturated rings. The molecule has 0 radical (unpaired) electrons. The van der Waals surface area contributed by atoms with Crippen LogP contribution in [0, 0.1) is 11.8 Å². The summed E-state index contributed by atoms with van der Waals surface area (Å²) in [6.07, 6.45) is 6.81. The van der Waals surface area contributed by atoms with E-state index in [1.807, 2.05) is 66.7 Å². The van der Waals surface area contributed by atoms with Gasteiger partial charge in [0.25, 0.3) is 0 Å². The van der Waals surface area contributed by atoms with Crippen LogP contribution in [0.2, 0.25) is 0 Å². The molecule has 2 amide bonds. The molecule has 4 aliphatic rings. The van der Waals surface area contributed by atoms with Gasteiger partial charge in [-0.05, 0) is 23.6 Å². The van der Waals surface area contributed by atoms with E-state index in [1.54, 1.807) is 23.1 Å². The molecule has 4 aliphatic heterocycles. The van der Waals surface area contributed by atoms with Crippen LogP contribution in [0.15, 0.2) is 85.0 Å². The molecular weight excluding hydrogens is 484 g/mol. The van der Waals surface area contributed by atoms with E-state index in [4.69, 9.17) is 9.47 Å². The smallest absolute Gasteiger partial charge is 0.313 e. The molecule has 6 atom stereocenters. The predicted molar refractivity (Wildman–Crippen MR) is 137 cm³/mol. The average molecular weight is 515 g/mol. The number of aliphatic hydroxyl groups is 1. The molecule has 196 valence electrons. The van der Waals surface area contributed by atoms with Crippen LogP contribution in [-0.2, 0) is 36.8 Å². The first kappa shape index (κ1) is 24.6. The second-order valence-corrected chi connectivity index (χ2v) is 10.3. The van der Waals surface area contributed by atoms with Crippen LogP contribution < -0.4 is 0 Å². The van der Waals surface area contributed by atoms with Crippen LogP contribution in [0.25, 0.3) is 0 Å². The maximum atomic E-state index is 14.3. The van der Waals surface area contributed by atoms with Crippen molar-refractivity contribution < 1.29 is 29.0 Å². The van der Waals surface area contributed by atoms with Gasteiger partial charge in [0, 0.05) is 13.1 Å². The largest absolute Gasteiger partial charge is 0.461 e. The third kappa shape index (κ3) is 3.95. The highest BCUT2D eigenvalue weighted by molar-refractivity contribution is 5.99. The normalized spacial score (nSPS) is 30.8. The van der Waals surface area contributed by atoms with Gasteiger partial charge in [0.15, 0.2) is 0 Å². The summed E-state index contributed by atoms with van der Waals surface area (Å²) < 4.78 is 11.9. The van der Waals surface area contributed by atoms with Crippen molar-refractivity contribution in [1.29, 1.82) is 0 Å². The second-order valence-electron chi connectivity index (χ2n) is 10.3. The second kappa shape index (κ2) is 9.85. The van der Waals surface area contributed by atoms with Gasteiger partial charge >= 0.3 is 5.97 Å². The van der Waals surface area contributed by atoms with Crippen molar-refractivity contribution in [2.24, 2.45) is 11.8 Å². The number of ether oxygens (including phenoxy) is 2. The van der Waals surface area contributed by atoms with Crippen LogP contribution >= 0.6 is 0 Å². The first-order valence-corrected chi connectivity index (χ1v) is 13.0. The molecule has 2 aromatic carbocycles. The highest BCUT2D eigenvalue weighted by Crippen LogP contribution is 2.54. The number of carbonyl (C=O) groups excluding carboxylic acids is 3.